The number of methoxy groups -OCH3 is 1. The van der Waals surface area contributed by atoms with Gasteiger partial charge in [-0.15, -0.1) is 0 Å². The largest absolute Gasteiger partial charge is 0.376 e. The van der Waals surface area contributed by atoms with Crippen LogP contribution in [0.3, 0.4) is 0 Å². The summed E-state index contributed by atoms with van der Waals surface area (Å²) in [5.74, 6) is 0. The van der Waals surface area contributed by atoms with Crippen molar-refractivity contribution in [2.75, 3.05) is 14.2 Å². The Morgan fingerprint density at radius 1 is 1.31 bits per heavy atom. The monoisotopic (exact) mass is 219 g/mol. The van der Waals surface area contributed by atoms with Crippen LogP contribution in [0.1, 0.15) is 36.4 Å². The van der Waals surface area contributed by atoms with E-state index in [1.807, 2.05) is 14.2 Å². The van der Waals surface area contributed by atoms with E-state index in [1.165, 1.54) is 17.5 Å². The van der Waals surface area contributed by atoms with Crippen LogP contribution >= 0.6 is 0 Å². The van der Waals surface area contributed by atoms with Crippen LogP contribution in [0.2, 0.25) is 0 Å². The lowest BCUT2D eigenvalue weighted by Gasteiger charge is -2.47. The molecule has 0 spiro atoms. The molecule has 1 saturated carbocycles. The lowest BCUT2D eigenvalue weighted by molar-refractivity contribution is -0.0984. The second kappa shape index (κ2) is 4.56. The average molecular weight is 219 g/mol. The van der Waals surface area contributed by atoms with Crippen LogP contribution in [-0.2, 0) is 4.74 Å². The van der Waals surface area contributed by atoms with Gasteiger partial charge in [0.1, 0.15) is 0 Å². The topological polar surface area (TPSA) is 21.3 Å². The molecular formula is C14H21NO. The van der Waals surface area contributed by atoms with Gasteiger partial charge >= 0.3 is 0 Å². The Balaban J connectivity index is 2.32. The van der Waals surface area contributed by atoms with Gasteiger partial charge in [-0.25, -0.2) is 0 Å². The van der Waals surface area contributed by atoms with Gasteiger partial charge in [-0.05, 0) is 44.4 Å². The Labute approximate surface area is 98.0 Å². The van der Waals surface area contributed by atoms with Crippen LogP contribution < -0.4 is 5.32 Å². The maximum Gasteiger partial charge on any atom is 0.0872 e. The molecule has 0 amide bonds. The van der Waals surface area contributed by atoms with E-state index >= 15 is 0 Å². The smallest absolute Gasteiger partial charge is 0.0872 e. The first-order valence-electron chi connectivity index (χ1n) is 6.01. The highest BCUT2D eigenvalue weighted by Crippen LogP contribution is 2.45. The van der Waals surface area contributed by atoms with E-state index in [4.69, 9.17) is 4.74 Å². The van der Waals surface area contributed by atoms with Crippen LogP contribution in [0.25, 0.3) is 0 Å². The second-order valence-corrected chi connectivity index (χ2v) is 4.70. The number of aryl methyl sites for hydroxylation is 1. The number of nitrogens with one attached hydrogen (secondary N) is 1. The quantitative estimate of drug-likeness (QED) is 0.840. The SMILES string of the molecule is CNC(c1ccccc1C)C1(OC)CCC1. The van der Waals surface area contributed by atoms with E-state index in [2.05, 4.69) is 36.5 Å². The molecule has 0 aromatic heterocycles. The highest BCUT2D eigenvalue weighted by molar-refractivity contribution is 5.31. The molecule has 0 aliphatic heterocycles. The number of likely N-dealkylation sites (N-methyl/N-ethyl adjacent to an activating group) is 1. The van der Waals surface area contributed by atoms with Crippen molar-refractivity contribution in [2.24, 2.45) is 0 Å². The van der Waals surface area contributed by atoms with E-state index < -0.39 is 0 Å². The number of hydrogen-bond donors (Lipinski definition) is 1. The zero-order valence-corrected chi connectivity index (χ0v) is 10.4. The molecule has 2 rings (SSSR count). The maximum atomic E-state index is 5.77. The highest BCUT2D eigenvalue weighted by Gasteiger charge is 2.44. The predicted octanol–water partition coefficient (Wildman–Crippen LogP) is 2.82. The fraction of sp³-hybridized carbons (Fsp3) is 0.571. The minimum atomic E-state index is 0.0147. The van der Waals surface area contributed by atoms with Crippen LogP contribution in [0, 0.1) is 6.92 Å². The molecule has 0 radical (unpaired) electrons. The Morgan fingerprint density at radius 2 is 2.00 bits per heavy atom. The molecule has 0 saturated heterocycles. The zero-order chi connectivity index (χ0) is 11.6. The summed E-state index contributed by atoms with van der Waals surface area (Å²) in [5.41, 5.74) is 2.72. The fourth-order valence-corrected chi connectivity index (χ4v) is 2.75. The molecule has 1 aromatic rings. The summed E-state index contributed by atoms with van der Waals surface area (Å²) in [6, 6.07) is 8.88. The molecule has 2 heteroatoms. The standard InChI is InChI=1S/C14H21NO/c1-11-7-4-5-8-12(11)13(15-2)14(16-3)9-6-10-14/h4-5,7-8,13,15H,6,9-10H2,1-3H3. The van der Waals surface area contributed by atoms with E-state index in [9.17, 15) is 0 Å². The van der Waals surface area contributed by atoms with Gasteiger partial charge < -0.3 is 10.1 Å². The summed E-state index contributed by atoms with van der Waals surface area (Å²) in [4.78, 5) is 0. The summed E-state index contributed by atoms with van der Waals surface area (Å²) in [6.45, 7) is 2.17. The lowest BCUT2D eigenvalue weighted by atomic mass is 9.71. The summed E-state index contributed by atoms with van der Waals surface area (Å²) >= 11 is 0. The van der Waals surface area contributed by atoms with Gasteiger partial charge in [-0.3, -0.25) is 0 Å². The van der Waals surface area contributed by atoms with Gasteiger partial charge in [0.25, 0.3) is 0 Å². The zero-order valence-electron chi connectivity index (χ0n) is 10.4. The summed E-state index contributed by atoms with van der Waals surface area (Å²) in [5, 5.41) is 3.43. The first kappa shape index (κ1) is 11.6. The van der Waals surface area contributed by atoms with Gasteiger partial charge in [-0.2, -0.15) is 0 Å². The molecule has 1 fully saturated rings. The number of ether oxygens (including phenoxy) is 1. The summed E-state index contributed by atoms with van der Waals surface area (Å²) < 4.78 is 5.77. The van der Waals surface area contributed by atoms with E-state index in [-0.39, 0.29) is 5.60 Å². The molecule has 1 unspecified atom stereocenters. The van der Waals surface area contributed by atoms with Crippen LogP contribution in [0.15, 0.2) is 24.3 Å². The molecule has 1 aliphatic rings. The van der Waals surface area contributed by atoms with Gasteiger partial charge in [-0.1, -0.05) is 24.3 Å². The van der Waals surface area contributed by atoms with E-state index in [0.717, 1.165) is 12.8 Å². The van der Waals surface area contributed by atoms with Crippen LogP contribution in [0.5, 0.6) is 0 Å². The van der Waals surface area contributed by atoms with Crippen molar-refractivity contribution < 1.29 is 4.74 Å². The Morgan fingerprint density at radius 3 is 2.44 bits per heavy atom. The van der Waals surface area contributed by atoms with Crippen molar-refractivity contribution >= 4 is 0 Å². The minimum absolute atomic E-state index is 0.0147. The van der Waals surface area contributed by atoms with Gasteiger partial charge in [0.2, 0.25) is 0 Å². The van der Waals surface area contributed by atoms with Gasteiger partial charge in [0, 0.05) is 7.11 Å². The molecule has 1 aliphatic carbocycles. The van der Waals surface area contributed by atoms with E-state index in [0.29, 0.717) is 6.04 Å². The lowest BCUT2D eigenvalue weighted by Crippen LogP contribution is -2.49. The maximum absolute atomic E-state index is 5.77. The first-order valence-corrected chi connectivity index (χ1v) is 6.01. The third-order valence-electron chi connectivity index (χ3n) is 3.92. The first-order chi connectivity index (χ1) is 7.73. The number of hydrogen-bond acceptors (Lipinski definition) is 2. The second-order valence-electron chi connectivity index (χ2n) is 4.70. The number of rotatable bonds is 4. The van der Waals surface area contributed by atoms with Crippen molar-refractivity contribution in [1.82, 2.24) is 5.32 Å². The molecule has 1 atom stereocenters. The molecular weight excluding hydrogens is 198 g/mol. The fourth-order valence-electron chi connectivity index (χ4n) is 2.75. The van der Waals surface area contributed by atoms with Gasteiger partial charge in [0.15, 0.2) is 0 Å². The Bertz CT molecular complexity index is 352. The highest BCUT2D eigenvalue weighted by atomic mass is 16.5. The third kappa shape index (κ3) is 1.76. The van der Waals surface area contributed by atoms with Crippen molar-refractivity contribution in [3.05, 3.63) is 35.4 Å². The minimum Gasteiger partial charge on any atom is -0.376 e. The van der Waals surface area contributed by atoms with Crippen molar-refractivity contribution in [2.45, 2.75) is 37.8 Å². The molecule has 2 nitrogen and oxygen atoms in total. The molecule has 1 aromatic carbocycles. The predicted molar refractivity (Wildman–Crippen MR) is 66.6 cm³/mol. The van der Waals surface area contributed by atoms with Crippen LogP contribution in [-0.4, -0.2) is 19.8 Å². The van der Waals surface area contributed by atoms with Gasteiger partial charge in [0.05, 0.1) is 11.6 Å². The molecule has 1 N–H and O–H groups in total. The average Bonchev–Trinajstić information content (AvgIpc) is 2.25. The molecule has 0 heterocycles. The summed E-state index contributed by atoms with van der Waals surface area (Å²) in [7, 11) is 3.86. The molecule has 0 bridgehead atoms. The van der Waals surface area contributed by atoms with Crippen LogP contribution in [0.4, 0.5) is 0 Å². The van der Waals surface area contributed by atoms with Crippen molar-refractivity contribution in [1.29, 1.82) is 0 Å². The molecule has 88 valence electrons. The van der Waals surface area contributed by atoms with Crippen molar-refractivity contribution in [3.8, 4) is 0 Å². The Hall–Kier alpha value is -0.860. The molecule has 16 heavy (non-hydrogen) atoms. The Kier molecular flexibility index (Phi) is 3.31. The van der Waals surface area contributed by atoms with E-state index in [1.54, 1.807) is 0 Å². The number of benzene rings is 1. The summed E-state index contributed by atoms with van der Waals surface area (Å²) in [6.07, 6.45) is 3.59. The normalized spacial score (nSPS) is 20.2. The van der Waals surface area contributed by atoms with Crippen molar-refractivity contribution in [3.63, 3.8) is 0 Å². The third-order valence-corrected chi connectivity index (χ3v) is 3.92.